The predicted octanol–water partition coefficient (Wildman–Crippen LogP) is 3.66. The van der Waals surface area contributed by atoms with Gasteiger partial charge < -0.3 is 10.8 Å². The lowest BCUT2D eigenvalue weighted by atomic mass is 9.95. The highest BCUT2D eigenvalue weighted by Crippen LogP contribution is 2.36. The highest BCUT2D eigenvalue weighted by molar-refractivity contribution is 7.10. The zero-order chi connectivity index (χ0) is 17.1. The van der Waals surface area contributed by atoms with Crippen molar-refractivity contribution in [3.8, 4) is 17.0 Å². The number of carbonyl (C=O) groups excluding carboxylic acids is 1. The van der Waals surface area contributed by atoms with Crippen molar-refractivity contribution in [2.75, 3.05) is 0 Å². The summed E-state index contributed by atoms with van der Waals surface area (Å²) in [6.07, 6.45) is 0.0495. The van der Waals surface area contributed by atoms with Gasteiger partial charge in [0.15, 0.2) is 0 Å². The number of aromatic nitrogens is 1. The summed E-state index contributed by atoms with van der Waals surface area (Å²) in [7, 11) is 0. The summed E-state index contributed by atoms with van der Waals surface area (Å²) in [5, 5.41) is 12.6. The summed E-state index contributed by atoms with van der Waals surface area (Å²) in [4.78, 5) is 16.0. The van der Waals surface area contributed by atoms with Crippen LogP contribution in [-0.2, 0) is 4.79 Å². The molecule has 1 heterocycles. The molecule has 1 atom stereocenters. The first-order chi connectivity index (χ1) is 11.5. The van der Waals surface area contributed by atoms with Crippen LogP contribution in [0.5, 0.6) is 5.75 Å². The number of phenolic OH excluding ortho intramolecular Hbond substituents is 1. The number of amides is 1. The van der Waals surface area contributed by atoms with E-state index in [2.05, 4.69) is 4.98 Å². The van der Waals surface area contributed by atoms with Crippen LogP contribution in [0.25, 0.3) is 11.3 Å². The molecule has 1 aromatic heterocycles. The first kappa shape index (κ1) is 16.1. The summed E-state index contributed by atoms with van der Waals surface area (Å²) >= 11 is 1.38. The number of nitrogens with zero attached hydrogens (tertiary/aromatic N) is 1. The van der Waals surface area contributed by atoms with E-state index in [1.54, 1.807) is 36.4 Å². The Kier molecular flexibility index (Phi) is 4.57. The van der Waals surface area contributed by atoms with E-state index in [0.29, 0.717) is 16.3 Å². The molecule has 0 bridgehead atoms. The lowest BCUT2D eigenvalue weighted by Crippen LogP contribution is -2.16. The summed E-state index contributed by atoms with van der Waals surface area (Å²) in [5.41, 5.74) is 7.46. The van der Waals surface area contributed by atoms with Crippen molar-refractivity contribution in [3.05, 3.63) is 70.3 Å². The Morgan fingerprint density at radius 1 is 1.21 bits per heavy atom. The maximum Gasteiger partial charge on any atom is 0.218 e. The number of benzene rings is 2. The summed E-state index contributed by atoms with van der Waals surface area (Å²) < 4.78 is 13.0. The van der Waals surface area contributed by atoms with Crippen LogP contribution < -0.4 is 5.73 Å². The minimum absolute atomic E-state index is 0.0495. The predicted molar refractivity (Wildman–Crippen MR) is 91.3 cm³/mol. The van der Waals surface area contributed by atoms with Gasteiger partial charge >= 0.3 is 0 Å². The van der Waals surface area contributed by atoms with Gasteiger partial charge in [-0.25, -0.2) is 9.37 Å². The second-order valence-electron chi connectivity index (χ2n) is 5.36. The van der Waals surface area contributed by atoms with Gasteiger partial charge in [-0.1, -0.05) is 18.2 Å². The van der Waals surface area contributed by atoms with Crippen LogP contribution in [0.3, 0.4) is 0 Å². The molecule has 4 nitrogen and oxygen atoms in total. The second kappa shape index (κ2) is 6.80. The highest BCUT2D eigenvalue weighted by atomic mass is 32.1. The van der Waals surface area contributed by atoms with Gasteiger partial charge in [-0.3, -0.25) is 4.79 Å². The van der Waals surface area contributed by atoms with E-state index in [-0.39, 0.29) is 18.0 Å². The fourth-order valence-electron chi connectivity index (χ4n) is 2.51. The number of phenols is 1. The molecule has 6 heteroatoms. The molecule has 0 aliphatic carbocycles. The molecule has 0 aliphatic heterocycles. The largest absolute Gasteiger partial charge is 0.508 e. The normalized spacial score (nSPS) is 12.0. The van der Waals surface area contributed by atoms with Crippen molar-refractivity contribution in [1.29, 1.82) is 0 Å². The van der Waals surface area contributed by atoms with Crippen LogP contribution in [0, 0.1) is 5.82 Å². The van der Waals surface area contributed by atoms with Crippen molar-refractivity contribution in [2.45, 2.75) is 12.3 Å². The van der Waals surface area contributed by atoms with Crippen molar-refractivity contribution >= 4 is 17.2 Å². The quantitative estimate of drug-likeness (QED) is 0.743. The Bertz CT molecular complexity index is 861. The maximum atomic E-state index is 13.0. The molecule has 1 amide bonds. The fourth-order valence-corrected chi connectivity index (χ4v) is 3.46. The molecule has 0 saturated carbocycles. The number of hydrogen-bond acceptors (Lipinski definition) is 4. The van der Waals surface area contributed by atoms with Crippen LogP contribution in [0.4, 0.5) is 4.39 Å². The molecule has 0 spiro atoms. The Morgan fingerprint density at radius 2 is 1.92 bits per heavy atom. The van der Waals surface area contributed by atoms with E-state index in [4.69, 9.17) is 5.73 Å². The number of halogens is 1. The molecule has 24 heavy (non-hydrogen) atoms. The topological polar surface area (TPSA) is 76.2 Å². The fraction of sp³-hybridized carbons (Fsp3) is 0.111. The van der Waals surface area contributed by atoms with Crippen LogP contribution in [0.2, 0.25) is 0 Å². The number of primary amides is 1. The average molecular weight is 342 g/mol. The van der Waals surface area contributed by atoms with E-state index in [1.165, 1.54) is 23.5 Å². The molecule has 122 valence electrons. The lowest BCUT2D eigenvalue weighted by Gasteiger charge is -2.14. The monoisotopic (exact) mass is 342 g/mol. The minimum atomic E-state index is -0.471. The Hall–Kier alpha value is -2.73. The highest BCUT2D eigenvalue weighted by Gasteiger charge is 2.23. The number of rotatable bonds is 5. The van der Waals surface area contributed by atoms with E-state index >= 15 is 0 Å². The molecule has 2 aromatic carbocycles. The van der Waals surface area contributed by atoms with Crippen LogP contribution in [0.1, 0.15) is 22.9 Å². The lowest BCUT2D eigenvalue weighted by molar-refractivity contribution is -0.118. The third-order valence-corrected chi connectivity index (χ3v) is 4.64. The van der Waals surface area contributed by atoms with Gasteiger partial charge in [-0.05, 0) is 30.3 Å². The van der Waals surface area contributed by atoms with Crippen LogP contribution >= 0.6 is 11.3 Å². The molecule has 3 N–H and O–H groups in total. The summed E-state index contributed by atoms with van der Waals surface area (Å²) in [6.45, 7) is 0. The summed E-state index contributed by atoms with van der Waals surface area (Å²) in [5.74, 6) is -1.10. The molecular weight excluding hydrogens is 327 g/mol. The van der Waals surface area contributed by atoms with E-state index in [1.807, 2.05) is 5.38 Å². The Balaban J connectivity index is 1.98. The molecule has 3 aromatic rings. The van der Waals surface area contributed by atoms with Crippen LogP contribution in [0.15, 0.2) is 53.9 Å². The molecule has 0 radical (unpaired) electrons. The van der Waals surface area contributed by atoms with Crippen molar-refractivity contribution in [2.24, 2.45) is 5.73 Å². The molecule has 0 aliphatic rings. The number of carbonyl (C=O) groups is 1. The third-order valence-electron chi connectivity index (χ3n) is 3.68. The molecule has 0 fully saturated rings. The number of thiazole rings is 1. The van der Waals surface area contributed by atoms with Gasteiger partial charge in [-0.15, -0.1) is 11.3 Å². The van der Waals surface area contributed by atoms with Crippen LogP contribution in [-0.4, -0.2) is 16.0 Å². The van der Waals surface area contributed by atoms with Gasteiger partial charge in [0.25, 0.3) is 0 Å². The number of nitrogens with two attached hydrogens (primary N) is 1. The summed E-state index contributed by atoms with van der Waals surface area (Å²) in [6, 6.07) is 12.9. The zero-order valence-electron chi connectivity index (χ0n) is 12.6. The molecule has 3 rings (SSSR count). The van der Waals surface area contributed by atoms with Crippen molar-refractivity contribution in [1.82, 2.24) is 4.98 Å². The Morgan fingerprint density at radius 3 is 2.58 bits per heavy atom. The smallest absolute Gasteiger partial charge is 0.218 e. The van der Waals surface area contributed by atoms with Gasteiger partial charge in [0.1, 0.15) is 16.6 Å². The van der Waals surface area contributed by atoms with Gasteiger partial charge in [0.2, 0.25) is 5.91 Å². The van der Waals surface area contributed by atoms with E-state index in [9.17, 15) is 14.3 Å². The Labute approximate surface area is 142 Å². The minimum Gasteiger partial charge on any atom is -0.508 e. The molecule has 0 saturated heterocycles. The van der Waals surface area contributed by atoms with Gasteiger partial charge in [0, 0.05) is 28.8 Å². The average Bonchev–Trinajstić information content (AvgIpc) is 3.03. The number of hydrogen-bond donors (Lipinski definition) is 2. The van der Waals surface area contributed by atoms with E-state index in [0.717, 1.165) is 5.56 Å². The number of para-hydroxylation sites is 1. The molecule has 1 unspecified atom stereocenters. The standard InChI is InChI=1S/C18H15FN2O2S/c19-12-7-5-11(6-8-12)15-10-24-18(21-15)14(9-17(20)23)13-3-1-2-4-16(13)22/h1-8,10,14,22H,9H2,(H2,20,23). The zero-order valence-corrected chi connectivity index (χ0v) is 13.5. The SMILES string of the molecule is NC(=O)CC(c1nc(-c2ccc(F)cc2)cs1)c1ccccc1O. The van der Waals surface area contributed by atoms with Crippen molar-refractivity contribution < 1.29 is 14.3 Å². The van der Waals surface area contributed by atoms with E-state index < -0.39 is 11.8 Å². The maximum absolute atomic E-state index is 13.0. The van der Waals surface area contributed by atoms with Gasteiger partial charge in [0.05, 0.1) is 5.69 Å². The second-order valence-corrected chi connectivity index (χ2v) is 6.25. The first-order valence-electron chi connectivity index (χ1n) is 7.32. The third kappa shape index (κ3) is 3.44. The van der Waals surface area contributed by atoms with Gasteiger partial charge in [-0.2, -0.15) is 0 Å². The number of aromatic hydroxyl groups is 1. The molecular formula is C18H15FN2O2S. The van der Waals surface area contributed by atoms with Crippen molar-refractivity contribution in [3.63, 3.8) is 0 Å². The first-order valence-corrected chi connectivity index (χ1v) is 8.20.